The van der Waals surface area contributed by atoms with Crippen LogP contribution in [0.25, 0.3) is 10.9 Å². The molecule has 0 aliphatic heterocycles. The molecule has 1 unspecified atom stereocenters. The highest BCUT2D eigenvalue weighted by atomic mass is 35.5. The number of halogens is 1. The van der Waals surface area contributed by atoms with Gasteiger partial charge in [-0.25, -0.2) is 19.9 Å². The average molecular weight is 432 g/mol. The highest BCUT2D eigenvalue weighted by Gasteiger charge is 2.15. The molecule has 1 N–H and O–H groups in total. The molecule has 3 heterocycles. The minimum Gasteiger partial charge on any atom is -0.375 e. The minimum atomic E-state index is -0.203. The van der Waals surface area contributed by atoms with E-state index in [-0.39, 0.29) is 22.3 Å². The van der Waals surface area contributed by atoms with Crippen molar-refractivity contribution in [2.45, 2.75) is 19.4 Å². The summed E-state index contributed by atoms with van der Waals surface area (Å²) in [6, 6.07) is 11.0. The first kappa shape index (κ1) is 20.4. The molecule has 0 fully saturated rings. The van der Waals surface area contributed by atoms with Crippen LogP contribution in [0.3, 0.4) is 0 Å². The lowest BCUT2D eigenvalue weighted by Gasteiger charge is -2.17. The van der Waals surface area contributed by atoms with E-state index >= 15 is 0 Å². The van der Waals surface area contributed by atoms with E-state index in [4.69, 9.17) is 11.6 Å². The summed E-state index contributed by atoms with van der Waals surface area (Å²) in [7, 11) is 1.73. The van der Waals surface area contributed by atoms with Crippen molar-refractivity contribution in [3.05, 3.63) is 87.2 Å². The maximum absolute atomic E-state index is 12.5. The SMILES string of the molecule is CC(Nc1cc(=O)n(C)c2ccc(Cc3ncnc(Cl)c3C#N)cc12)c1ncccn1. The second-order valence-electron chi connectivity index (χ2n) is 7.05. The quantitative estimate of drug-likeness (QED) is 0.482. The lowest BCUT2D eigenvalue weighted by atomic mass is 10.0. The van der Waals surface area contributed by atoms with Gasteiger partial charge in [-0.2, -0.15) is 5.26 Å². The van der Waals surface area contributed by atoms with Crippen molar-refractivity contribution in [3.63, 3.8) is 0 Å². The highest BCUT2D eigenvalue weighted by molar-refractivity contribution is 6.30. The second-order valence-corrected chi connectivity index (χ2v) is 7.41. The molecule has 1 atom stereocenters. The Hall–Kier alpha value is -3.83. The molecule has 0 saturated carbocycles. The van der Waals surface area contributed by atoms with Gasteiger partial charge in [-0.1, -0.05) is 17.7 Å². The summed E-state index contributed by atoms with van der Waals surface area (Å²) < 4.78 is 1.59. The normalized spacial score (nSPS) is 11.8. The van der Waals surface area contributed by atoms with Gasteiger partial charge in [0.15, 0.2) is 0 Å². The van der Waals surface area contributed by atoms with Crippen molar-refractivity contribution in [3.8, 4) is 6.07 Å². The summed E-state index contributed by atoms with van der Waals surface area (Å²) in [5, 5.41) is 13.7. The molecule has 3 aromatic heterocycles. The number of rotatable bonds is 5. The summed E-state index contributed by atoms with van der Waals surface area (Å²) in [5.41, 5.74) is 3.06. The Morgan fingerprint density at radius 2 is 1.97 bits per heavy atom. The molecular weight excluding hydrogens is 414 g/mol. The van der Waals surface area contributed by atoms with Crippen molar-refractivity contribution in [2.75, 3.05) is 5.32 Å². The number of fused-ring (bicyclic) bond motifs is 1. The van der Waals surface area contributed by atoms with Gasteiger partial charge in [-0.05, 0) is 30.7 Å². The number of pyridine rings is 1. The molecule has 0 amide bonds. The maximum atomic E-state index is 12.5. The Balaban J connectivity index is 1.77. The van der Waals surface area contributed by atoms with Gasteiger partial charge in [0, 0.05) is 43.0 Å². The molecule has 0 aliphatic carbocycles. The molecule has 4 aromatic rings. The number of nitrogens with one attached hydrogen (secondary N) is 1. The summed E-state index contributed by atoms with van der Waals surface area (Å²) in [4.78, 5) is 29.1. The Bertz CT molecular complexity index is 1360. The van der Waals surface area contributed by atoms with Crippen LogP contribution in [0.5, 0.6) is 0 Å². The van der Waals surface area contributed by atoms with Crippen LogP contribution in [0.2, 0.25) is 5.15 Å². The Labute approximate surface area is 183 Å². The maximum Gasteiger partial charge on any atom is 0.252 e. The summed E-state index contributed by atoms with van der Waals surface area (Å²) >= 11 is 6.04. The average Bonchev–Trinajstić information content (AvgIpc) is 2.78. The number of aryl methyl sites for hydroxylation is 1. The van der Waals surface area contributed by atoms with Crippen molar-refractivity contribution in [1.29, 1.82) is 5.26 Å². The number of hydrogen-bond acceptors (Lipinski definition) is 7. The molecule has 31 heavy (non-hydrogen) atoms. The number of nitriles is 1. The number of aromatic nitrogens is 5. The van der Waals surface area contributed by atoms with Gasteiger partial charge < -0.3 is 9.88 Å². The van der Waals surface area contributed by atoms with Crippen molar-refractivity contribution in [2.24, 2.45) is 7.05 Å². The lowest BCUT2D eigenvalue weighted by molar-refractivity contribution is 0.788. The third-order valence-electron chi connectivity index (χ3n) is 5.02. The fraction of sp³-hybridized carbons (Fsp3) is 0.182. The van der Waals surface area contributed by atoms with Crippen LogP contribution in [0.15, 0.2) is 53.8 Å². The van der Waals surface area contributed by atoms with Crippen LogP contribution in [0.1, 0.15) is 35.6 Å². The molecule has 0 spiro atoms. The summed E-state index contributed by atoms with van der Waals surface area (Å²) in [6.07, 6.45) is 5.11. The third kappa shape index (κ3) is 4.09. The van der Waals surface area contributed by atoms with E-state index in [0.717, 1.165) is 16.5 Å². The number of nitrogens with zero attached hydrogens (tertiary/aromatic N) is 6. The molecule has 0 bridgehead atoms. The fourth-order valence-electron chi connectivity index (χ4n) is 3.41. The zero-order valence-corrected chi connectivity index (χ0v) is 17.6. The summed E-state index contributed by atoms with van der Waals surface area (Å²) in [5.74, 6) is 0.627. The summed E-state index contributed by atoms with van der Waals surface area (Å²) in [6.45, 7) is 1.94. The van der Waals surface area contributed by atoms with Gasteiger partial charge in [0.05, 0.1) is 17.3 Å². The van der Waals surface area contributed by atoms with Crippen molar-refractivity contribution in [1.82, 2.24) is 24.5 Å². The zero-order valence-electron chi connectivity index (χ0n) is 16.9. The Morgan fingerprint density at radius 3 is 2.71 bits per heavy atom. The van der Waals surface area contributed by atoms with Gasteiger partial charge in [-0.3, -0.25) is 4.79 Å². The van der Waals surface area contributed by atoms with E-state index in [2.05, 4.69) is 31.3 Å². The highest BCUT2D eigenvalue weighted by Crippen LogP contribution is 2.27. The molecule has 0 saturated heterocycles. The first-order valence-electron chi connectivity index (χ1n) is 9.53. The minimum absolute atomic E-state index is 0.127. The molecule has 9 heteroatoms. The first-order chi connectivity index (χ1) is 15.0. The standard InChI is InChI=1S/C22H18ClN7O/c1-13(22-25-6-3-7-26-22)29-18-10-20(31)30(2)19-5-4-14(8-15(18)19)9-17-16(11-24)21(23)28-12-27-17/h3-8,10,12-13,29H,9H2,1-2H3. The molecule has 0 radical (unpaired) electrons. The topological polar surface area (TPSA) is 109 Å². The van der Waals surface area contributed by atoms with Crippen LogP contribution in [0.4, 0.5) is 5.69 Å². The second kappa shape index (κ2) is 8.50. The number of hydrogen-bond donors (Lipinski definition) is 1. The van der Waals surface area contributed by atoms with Crippen LogP contribution in [0, 0.1) is 11.3 Å². The van der Waals surface area contributed by atoms with Crippen LogP contribution in [-0.4, -0.2) is 24.5 Å². The predicted octanol–water partition coefficient (Wildman–Crippen LogP) is 3.41. The number of anilines is 1. The van der Waals surface area contributed by atoms with Gasteiger partial charge in [0.1, 0.15) is 28.9 Å². The van der Waals surface area contributed by atoms with E-state index < -0.39 is 0 Å². The smallest absolute Gasteiger partial charge is 0.252 e. The lowest BCUT2D eigenvalue weighted by Crippen LogP contribution is -2.19. The van der Waals surface area contributed by atoms with Crippen molar-refractivity contribution < 1.29 is 0 Å². The molecule has 8 nitrogen and oxygen atoms in total. The Kier molecular flexibility index (Phi) is 5.60. The van der Waals surface area contributed by atoms with E-state index in [1.807, 2.05) is 25.1 Å². The van der Waals surface area contributed by atoms with Gasteiger partial charge >= 0.3 is 0 Å². The zero-order chi connectivity index (χ0) is 22.0. The van der Waals surface area contributed by atoms with E-state index in [1.54, 1.807) is 36.1 Å². The van der Waals surface area contributed by atoms with E-state index in [9.17, 15) is 10.1 Å². The molecule has 154 valence electrons. The molecular formula is C22H18ClN7O. The van der Waals surface area contributed by atoms with Gasteiger partial charge in [-0.15, -0.1) is 0 Å². The molecule has 0 aliphatic rings. The van der Waals surface area contributed by atoms with Crippen molar-refractivity contribution >= 4 is 28.2 Å². The van der Waals surface area contributed by atoms with E-state index in [0.29, 0.717) is 23.6 Å². The fourth-order valence-corrected chi connectivity index (χ4v) is 3.60. The van der Waals surface area contributed by atoms with Gasteiger partial charge in [0.25, 0.3) is 5.56 Å². The third-order valence-corrected chi connectivity index (χ3v) is 5.31. The van der Waals surface area contributed by atoms with E-state index in [1.165, 1.54) is 6.33 Å². The molecule has 4 rings (SSSR count). The Morgan fingerprint density at radius 1 is 1.19 bits per heavy atom. The van der Waals surface area contributed by atoms with Crippen LogP contribution < -0.4 is 10.9 Å². The van der Waals surface area contributed by atoms with Gasteiger partial charge in [0.2, 0.25) is 0 Å². The molecule has 1 aromatic carbocycles. The number of benzene rings is 1. The predicted molar refractivity (Wildman–Crippen MR) is 118 cm³/mol. The van der Waals surface area contributed by atoms with Crippen LogP contribution >= 0.6 is 11.6 Å². The monoisotopic (exact) mass is 431 g/mol. The largest absolute Gasteiger partial charge is 0.375 e. The first-order valence-corrected chi connectivity index (χ1v) is 9.91. The van der Waals surface area contributed by atoms with Crippen LogP contribution in [-0.2, 0) is 13.5 Å².